The number of benzene rings is 1. The quantitative estimate of drug-likeness (QED) is 0.901. The Balaban J connectivity index is 1.53. The third kappa shape index (κ3) is 3.73. The minimum atomic E-state index is -0.0856. The Kier molecular flexibility index (Phi) is 5.20. The van der Waals surface area contributed by atoms with Gasteiger partial charge in [0.15, 0.2) is 0 Å². The topological polar surface area (TPSA) is 78.5 Å². The molecule has 2 saturated heterocycles. The van der Waals surface area contributed by atoms with Crippen molar-refractivity contribution in [3.63, 3.8) is 0 Å². The van der Waals surface area contributed by atoms with Crippen LogP contribution in [-0.4, -0.2) is 64.7 Å². The van der Waals surface area contributed by atoms with Gasteiger partial charge in [0.05, 0.1) is 24.9 Å². The molecule has 1 N–H and O–H groups in total. The molecule has 2 fully saturated rings. The van der Waals surface area contributed by atoms with Crippen LogP contribution in [0.15, 0.2) is 36.4 Å². The Morgan fingerprint density at radius 2 is 1.81 bits per heavy atom. The van der Waals surface area contributed by atoms with E-state index < -0.39 is 0 Å². The summed E-state index contributed by atoms with van der Waals surface area (Å²) >= 11 is 0. The molecule has 142 valence electrons. The molecule has 4 rings (SSSR count). The molecule has 2 aromatic rings. The molecule has 2 aliphatic rings. The van der Waals surface area contributed by atoms with Crippen LogP contribution in [-0.2, 0) is 4.74 Å². The monoisotopic (exact) mass is 368 g/mol. The second-order valence-electron chi connectivity index (χ2n) is 6.99. The summed E-state index contributed by atoms with van der Waals surface area (Å²) in [5.41, 5.74) is 1.92. The second-order valence-corrected chi connectivity index (χ2v) is 6.99. The van der Waals surface area contributed by atoms with Crippen LogP contribution >= 0.6 is 0 Å². The van der Waals surface area contributed by atoms with Crippen molar-refractivity contribution in [3.8, 4) is 0 Å². The van der Waals surface area contributed by atoms with E-state index in [0.717, 1.165) is 25.0 Å². The van der Waals surface area contributed by atoms with Crippen LogP contribution < -0.4 is 0 Å². The van der Waals surface area contributed by atoms with Gasteiger partial charge in [-0.15, -0.1) is 0 Å². The van der Waals surface area contributed by atoms with Gasteiger partial charge in [-0.05, 0) is 37.5 Å². The largest absolute Gasteiger partial charge is 0.378 e. The standard InChI is InChI=1S/C20H24N4O3/c25-19(15-6-2-1-3-7-15)24-9-5-4-8-18(24)16-14-17(22-21-16)20(26)23-10-12-27-13-11-23/h1-3,6-7,14,18H,4-5,8-13H2,(H,21,22)/t18-/m0/s1. The fourth-order valence-corrected chi connectivity index (χ4v) is 3.79. The number of H-pyrrole nitrogens is 1. The third-order valence-electron chi connectivity index (χ3n) is 5.26. The zero-order valence-electron chi connectivity index (χ0n) is 15.3. The highest BCUT2D eigenvalue weighted by Crippen LogP contribution is 2.31. The first-order valence-electron chi connectivity index (χ1n) is 9.52. The van der Waals surface area contributed by atoms with Gasteiger partial charge in [0.25, 0.3) is 11.8 Å². The molecule has 7 heteroatoms. The lowest BCUT2D eigenvalue weighted by Crippen LogP contribution is -2.40. The number of aromatic amines is 1. The summed E-state index contributed by atoms with van der Waals surface area (Å²) in [7, 11) is 0. The molecule has 2 amide bonds. The maximum Gasteiger partial charge on any atom is 0.274 e. The van der Waals surface area contributed by atoms with Gasteiger partial charge in [-0.2, -0.15) is 5.10 Å². The Hall–Kier alpha value is -2.67. The van der Waals surface area contributed by atoms with Crippen molar-refractivity contribution < 1.29 is 14.3 Å². The fourth-order valence-electron chi connectivity index (χ4n) is 3.79. The number of carbonyl (C=O) groups excluding carboxylic acids is 2. The molecular formula is C20H24N4O3. The number of hydrogen-bond donors (Lipinski definition) is 1. The average Bonchev–Trinajstić information content (AvgIpc) is 3.24. The number of ether oxygens (including phenoxy) is 1. The summed E-state index contributed by atoms with van der Waals surface area (Å²) in [6.07, 6.45) is 2.91. The normalized spacial score (nSPS) is 20.5. The van der Waals surface area contributed by atoms with Gasteiger partial charge in [-0.1, -0.05) is 18.2 Å². The maximum atomic E-state index is 13.0. The first-order chi connectivity index (χ1) is 13.2. The molecule has 1 aromatic carbocycles. The average molecular weight is 368 g/mol. The van der Waals surface area contributed by atoms with E-state index in [1.165, 1.54) is 0 Å². The van der Waals surface area contributed by atoms with E-state index >= 15 is 0 Å². The molecule has 27 heavy (non-hydrogen) atoms. The summed E-state index contributed by atoms with van der Waals surface area (Å²) in [5, 5.41) is 7.25. The number of aromatic nitrogens is 2. The van der Waals surface area contributed by atoms with E-state index in [9.17, 15) is 9.59 Å². The van der Waals surface area contributed by atoms with Crippen LogP contribution in [0.4, 0.5) is 0 Å². The number of likely N-dealkylation sites (tertiary alicyclic amines) is 1. The van der Waals surface area contributed by atoms with Gasteiger partial charge in [-0.3, -0.25) is 14.7 Å². The number of rotatable bonds is 3. The molecule has 7 nitrogen and oxygen atoms in total. The maximum absolute atomic E-state index is 13.0. The smallest absolute Gasteiger partial charge is 0.274 e. The van der Waals surface area contributed by atoms with E-state index in [0.29, 0.717) is 44.1 Å². The molecule has 2 aliphatic heterocycles. The van der Waals surface area contributed by atoms with Crippen LogP contribution in [0.2, 0.25) is 0 Å². The summed E-state index contributed by atoms with van der Waals surface area (Å²) in [5.74, 6) is -0.0616. The van der Waals surface area contributed by atoms with Gasteiger partial charge in [-0.25, -0.2) is 0 Å². The molecule has 1 atom stereocenters. The SMILES string of the molecule is O=C(c1cc([C@@H]2CCCCN2C(=O)c2ccccc2)[nH]n1)N1CCOCC1. The highest BCUT2D eigenvalue weighted by atomic mass is 16.5. The minimum absolute atomic E-state index is 0.0240. The number of morpholine rings is 1. The number of nitrogens with zero attached hydrogens (tertiary/aromatic N) is 3. The van der Waals surface area contributed by atoms with E-state index in [-0.39, 0.29) is 17.9 Å². The first-order valence-corrected chi connectivity index (χ1v) is 9.52. The number of nitrogens with one attached hydrogen (secondary N) is 1. The molecule has 0 saturated carbocycles. The fraction of sp³-hybridized carbons (Fsp3) is 0.450. The van der Waals surface area contributed by atoms with E-state index in [2.05, 4.69) is 10.2 Å². The molecule has 0 aliphatic carbocycles. The predicted octanol–water partition coefficient (Wildman–Crippen LogP) is 2.25. The van der Waals surface area contributed by atoms with Gasteiger partial charge < -0.3 is 14.5 Å². The highest BCUT2D eigenvalue weighted by Gasteiger charge is 2.31. The molecule has 3 heterocycles. The lowest BCUT2D eigenvalue weighted by molar-refractivity contribution is 0.0299. The zero-order chi connectivity index (χ0) is 18.6. The van der Waals surface area contributed by atoms with Gasteiger partial charge in [0, 0.05) is 25.2 Å². The Bertz CT molecular complexity index is 799. The van der Waals surface area contributed by atoms with Gasteiger partial charge in [0.1, 0.15) is 5.69 Å². The van der Waals surface area contributed by atoms with E-state index in [1.54, 1.807) is 11.0 Å². The Morgan fingerprint density at radius 3 is 2.59 bits per heavy atom. The molecule has 0 radical (unpaired) electrons. The second kappa shape index (κ2) is 7.92. The van der Waals surface area contributed by atoms with Gasteiger partial charge in [0.2, 0.25) is 0 Å². The van der Waals surface area contributed by atoms with Crippen molar-refractivity contribution in [2.75, 3.05) is 32.8 Å². The van der Waals surface area contributed by atoms with Gasteiger partial charge >= 0.3 is 0 Å². The van der Waals surface area contributed by atoms with Crippen LogP contribution in [0, 0.1) is 0 Å². The lowest BCUT2D eigenvalue weighted by atomic mass is 9.98. The lowest BCUT2D eigenvalue weighted by Gasteiger charge is -2.35. The molecule has 0 unspecified atom stereocenters. The minimum Gasteiger partial charge on any atom is -0.378 e. The summed E-state index contributed by atoms with van der Waals surface area (Å²) < 4.78 is 5.30. The summed E-state index contributed by atoms with van der Waals surface area (Å²) in [6.45, 7) is 3.01. The Labute approximate surface area is 158 Å². The first kappa shape index (κ1) is 17.7. The number of carbonyl (C=O) groups is 2. The third-order valence-corrected chi connectivity index (χ3v) is 5.26. The summed E-state index contributed by atoms with van der Waals surface area (Å²) in [4.78, 5) is 29.3. The number of piperidine rings is 1. The van der Waals surface area contributed by atoms with Crippen molar-refractivity contribution in [3.05, 3.63) is 53.3 Å². The van der Waals surface area contributed by atoms with Crippen molar-refractivity contribution in [1.82, 2.24) is 20.0 Å². The molecule has 0 bridgehead atoms. The van der Waals surface area contributed by atoms with Crippen molar-refractivity contribution >= 4 is 11.8 Å². The molecule has 0 spiro atoms. The van der Waals surface area contributed by atoms with Crippen molar-refractivity contribution in [1.29, 1.82) is 0 Å². The van der Waals surface area contributed by atoms with E-state index in [4.69, 9.17) is 4.74 Å². The predicted molar refractivity (Wildman–Crippen MR) is 99.4 cm³/mol. The molecule has 1 aromatic heterocycles. The van der Waals surface area contributed by atoms with Crippen molar-refractivity contribution in [2.24, 2.45) is 0 Å². The summed E-state index contributed by atoms with van der Waals surface area (Å²) in [6, 6.07) is 11.1. The molecular weight excluding hydrogens is 344 g/mol. The Morgan fingerprint density at radius 1 is 1.04 bits per heavy atom. The van der Waals surface area contributed by atoms with E-state index in [1.807, 2.05) is 35.2 Å². The van der Waals surface area contributed by atoms with Crippen LogP contribution in [0.1, 0.15) is 51.8 Å². The van der Waals surface area contributed by atoms with Crippen LogP contribution in [0.5, 0.6) is 0 Å². The zero-order valence-corrected chi connectivity index (χ0v) is 15.3. The van der Waals surface area contributed by atoms with Crippen molar-refractivity contribution in [2.45, 2.75) is 25.3 Å². The van der Waals surface area contributed by atoms with Crippen LogP contribution in [0.3, 0.4) is 0 Å². The number of hydrogen-bond acceptors (Lipinski definition) is 4. The van der Waals surface area contributed by atoms with Crippen LogP contribution in [0.25, 0.3) is 0 Å². The highest BCUT2D eigenvalue weighted by molar-refractivity contribution is 5.95. The number of amides is 2.